The fourth-order valence-electron chi connectivity index (χ4n) is 3.16. The van der Waals surface area contributed by atoms with Crippen molar-refractivity contribution in [1.82, 2.24) is 0 Å². The van der Waals surface area contributed by atoms with Gasteiger partial charge in [-0.25, -0.2) is 0 Å². The summed E-state index contributed by atoms with van der Waals surface area (Å²) in [5.41, 5.74) is 2.83. The van der Waals surface area contributed by atoms with Crippen LogP contribution < -0.4 is 0 Å². The summed E-state index contributed by atoms with van der Waals surface area (Å²) in [6, 6.07) is 8.22. The zero-order valence-electron chi connectivity index (χ0n) is 10.8. The third-order valence-electron chi connectivity index (χ3n) is 3.47. The van der Waals surface area contributed by atoms with Crippen molar-refractivity contribution in [2.45, 2.75) is 39.1 Å². The fraction of sp³-hybridized carbons (Fsp3) is 0.429. The number of aliphatic hydroxyl groups is 1. The Kier molecular flexibility index (Phi) is 2.41. The van der Waals surface area contributed by atoms with Crippen molar-refractivity contribution in [2.75, 3.05) is 0 Å². The lowest BCUT2D eigenvalue weighted by molar-refractivity contribution is 0.108. The molecule has 0 spiro atoms. The highest BCUT2D eigenvalue weighted by Gasteiger charge is 2.43. The number of benzene rings is 1. The molecule has 0 aromatic heterocycles. The Balaban J connectivity index is 2.72. The minimum absolute atomic E-state index is 0.759. The Morgan fingerprint density at radius 2 is 1.69 bits per heavy atom. The first kappa shape index (κ1) is 11.6. The molecule has 0 heterocycles. The van der Waals surface area contributed by atoms with Crippen LogP contribution in [0.4, 0.5) is 0 Å². The predicted molar refractivity (Wildman–Crippen MR) is 72.0 cm³/mol. The molecule has 1 nitrogen and oxygen atoms in total. The Labute approximate surface area is 98.8 Å². The summed E-state index contributed by atoms with van der Waals surface area (Å²) in [6.07, 6.45) is 0. The van der Waals surface area contributed by atoms with Gasteiger partial charge in [0.2, 0.25) is 0 Å². The molecule has 2 rings (SSSR count). The van der Waals surface area contributed by atoms with Gasteiger partial charge in [0.15, 0.2) is 0 Å². The molecule has 1 aliphatic carbocycles. The van der Waals surface area contributed by atoms with E-state index in [1.807, 2.05) is 25.1 Å². The highest BCUT2D eigenvalue weighted by atomic mass is 28.3. The van der Waals surface area contributed by atoms with Gasteiger partial charge in [0.25, 0.3) is 0 Å². The molecular weight excluding hydrogens is 212 g/mol. The average molecular weight is 232 g/mol. The minimum Gasteiger partial charge on any atom is -0.381 e. The second kappa shape index (κ2) is 3.31. The number of hydrogen-bond donors (Lipinski definition) is 1. The first-order valence-corrected chi connectivity index (χ1v) is 9.30. The highest BCUT2D eigenvalue weighted by molar-refractivity contribution is 6.84. The normalized spacial score (nSPS) is 24.9. The number of allylic oxidation sites excluding steroid dienone is 1. The maximum Gasteiger partial charge on any atom is 0.106 e. The van der Waals surface area contributed by atoms with Crippen molar-refractivity contribution < 1.29 is 5.11 Å². The van der Waals surface area contributed by atoms with E-state index in [9.17, 15) is 5.11 Å². The van der Waals surface area contributed by atoms with Gasteiger partial charge in [0.05, 0.1) is 8.07 Å². The zero-order chi connectivity index (χ0) is 12.1. The van der Waals surface area contributed by atoms with Crippen LogP contribution in [0.5, 0.6) is 0 Å². The van der Waals surface area contributed by atoms with Crippen molar-refractivity contribution in [1.29, 1.82) is 0 Å². The Morgan fingerprint density at radius 3 is 2.19 bits per heavy atom. The lowest BCUT2D eigenvalue weighted by Crippen LogP contribution is -2.36. The van der Waals surface area contributed by atoms with E-state index >= 15 is 0 Å². The van der Waals surface area contributed by atoms with Crippen molar-refractivity contribution in [2.24, 2.45) is 0 Å². The summed E-state index contributed by atoms with van der Waals surface area (Å²) in [5, 5.41) is 12.1. The zero-order valence-corrected chi connectivity index (χ0v) is 11.8. The van der Waals surface area contributed by atoms with Crippen LogP contribution in [0.15, 0.2) is 29.5 Å². The van der Waals surface area contributed by atoms with Gasteiger partial charge in [-0.2, -0.15) is 0 Å². The van der Waals surface area contributed by atoms with Crippen LogP contribution in [0.1, 0.15) is 25.0 Å². The van der Waals surface area contributed by atoms with Gasteiger partial charge < -0.3 is 5.11 Å². The van der Waals surface area contributed by atoms with Gasteiger partial charge in [-0.3, -0.25) is 0 Å². The van der Waals surface area contributed by atoms with Gasteiger partial charge in [-0.05, 0) is 35.7 Å². The molecule has 0 bridgehead atoms. The molecule has 1 N–H and O–H groups in total. The van der Waals surface area contributed by atoms with Gasteiger partial charge in [-0.1, -0.05) is 43.9 Å². The lowest BCUT2D eigenvalue weighted by atomic mass is 9.98. The van der Waals surface area contributed by atoms with Crippen LogP contribution in [0.25, 0.3) is 5.57 Å². The van der Waals surface area contributed by atoms with E-state index < -0.39 is 13.7 Å². The minimum atomic E-state index is -1.49. The summed E-state index contributed by atoms with van der Waals surface area (Å²) in [5.74, 6) is 0. The first-order chi connectivity index (χ1) is 7.26. The first-order valence-electron chi connectivity index (χ1n) is 5.80. The monoisotopic (exact) mass is 232 g/mol. The van der Waals surface area contributed by atoms with Crippen LogP contribution in [-0.2, 0) is 5.60 Å². The van der Waals surface area contributed by atoms with E-state index in [1.165, 1.54) is 16.3 Å². The average Bonchev–Trinajstić information content (AvgIpc) is 2.34. The van der Waals surface area contributed by atoms with Crippen LogP contribution >= 0.6 is 0 Å². The molecule has 2 heteroatoms. The van der Waals surface area contributed by atoms with Crippen LogP contribution in [-0.4, -0.2) is 13.2 Å². The lowest BCUT2D eigenvalue weighted by Gasteiger charge is -2.31. The number of rotatable bonds is 1. The second-order valence-corrected chi connectivity index (χ2v) is 10.9. The molecule has 1 aromatic rings. The quantitative estimate of drug-likeness (QED) is 0.734. The molecule has 86 valence electrons. The van der Waals surface area contributed by atoms with Crippen molar-refractivity contribution in [3.8, 4) is 0 Å². The Morgan fingerprint density at radius 1 is 1.12 bits per heavy atom. The van der Waals surface area contributed by atoms with Crippen molar-refractivity contribution >= 4 is 13.6 Å². The van der Waals surface area contributed by atoms with Crippen molar-refractivity contribution in [3.63, 3.8) is 0 Å². The Bertz CT molecular complexity index is 464. The van der Waals surface area contributed by atoms with E-state index in [0.29, 0.717) is 0 Å². The third kappa shape index (κ3) is 1.48. The predicted octanol–water partition coefficient (Wildman–Crippen LogP) is 3.56. The topological polar surface area (TPSA) is 20.2 Å². The van der Waals surface area contributed by atoms with E-state index in [-0.39, 0.29) is 0 Å². The summed E-state index contributed by atoms with van der Waals surface area (Å²) in [7, 11) is -1.49. The maximum absolute atomic E-state index is 10.8. The Hall–Kier alpha value is -0.863. The molecule has 1 unspecified atom stereocenters. The third-order valence-corrected chi connectivity index (χ3v) is 5.83. The summed E-state index contributed by atoms with van der Waals surface area (Å²) in [4.78, 5) is 0. The van der Waals surface area contributed by atoms with Gasteiger partial charge in [0, 0.05) is 0 Å². The fourth-order valence-corrected chi connectivity index (χ4v) is 6.02. The summed E-state index contributed by atoms with van der Waals surface area (Å²) >= 11 is 0. The molecular formula is C14H20OSi. The summed E-state index contributed by atoms with van der Waals surface area (Å²) < 4.78 is 0. The maximum atomic E-state index is 10.8. The molecule has 16 heavy (non-hydrogen) atoms. The molecule has 0 radical (unpaired) electrons. The molecule has 0 saturated carbocycles. The largest absolute Gasteiger partial charge is 0.381 e. The van der Waals surface area contributed by atoms with Crippen LogP contribution in [0.2, 0.25) is 19.6 Å². The summed E-state index contributed by atoms with van der Waals surface area (Å²) in [6.45, 7) is 11.0. The van der Waals surface area contributed by atoms with Gasteiger partial charge in [0.1, 0.15) is 5.60 Å². The van der Waals surface area contributed by atoms with Gasteiger partial charge >= 0.3 is 0 Å². The molecule has 0 saturated heterocycles. The second-order valence-electron chi connectivity index (χ2n) is 5.87. The molecule has 0 amide bonds. The van der Waals surface area contributed by atoms with Crippen LogP contribution in [0.3, 0.4) is 0 Å². The SMILES string of the molecule is CC1=C([Si](C)(C)C)C(C)(O)c2ccccc21. The standard InChI is InChI=1S/C14H20OSi/c1-10-11-8-6-7-9-12(11)14(2,15)13(10)16(3,4)5/h6-9,15H,1-5H3. The molecule has 1 atom stereocenters. The molecule has 0 aliphatic heterocycles. The van der Waals surface area contributed by atoms with Gasteiger partial charge in [-0.15, -0.1) is 0 Å². The van der Waals surface area contributed by atoms with Crippen molar-refractivity contribution in [3.05, 3.63) is 40.6 Å². The molecule has 1 aromatic carbocycles. The highest BCUT2D eigenvalue weighted by Crippen LogP contribution is 2.47. The molecule has 0 fully saturated rings. The molecule has 1 aliphatic rings. The smallest absolute Gasteiger partial charge is 0.106 e. The van der Waals surface area contributed by atoms with E-state index in [2.05, 4.69) is 32.6 Å². The number of hydrogen-bond acceptors (Lipinski definition) is 1. The van der Waals surface area contributed by atoms with E-state index in [0.717, 1.165) is 5.56 Å². The number of fused-ring (bicyclic) bond motifs is 1. The van der Waals surface area contributed by atoms with E-state index in [4.69, 9.17) is 0 Å². The van der Waals surface area contributed by atoms with E-state index in [1.54, 1.807) is 0 Å². The van der Waals surface area contributed by atoms with Crippen LogP contribution in [0, 0.1) is 0 Å².